The Bertz CT molecular complexity index is 769. The van der Waals surface area contributed by atoms with E-state index in [1.54, 1.807) is 0 Å². The molecule has 1 aliphatic heterocycles. The molecule has 3 nitrogen and oxygen atoms in total. The molecule has 0 spiro atoms. The molecule has 112 valence electrons. The monoisotopic (exact) mass is 291 g/mol. The topological polar surface area (TPSA) is 31.9 Å². The van der Waals surface area contributed by atoms with Crippen LogP contribution < -0.4 is 0 Å². The van der Waals surface area contributed by atoms with E-state index in [2.05, 4.69) is 51.3 Å². The minimum atomic E-state index is 0.957. The number of piperidine rings is 1. The molecule has 3 aromatic rings. The van der Waals surface area contributed by atoms with Crippen molar-refractivity contribution in [2.75, 3.05) is 13.1 Å². The zero-order chi connectivity index (χ0) is 14.8. The summed E-state index contributed by atoms with van der Waals surface area (Å²) in [6.07, 6.45) is 7.91. The lowest BCUT2D eigenvalue weighted by atomic mass is 10.0. The van der Waals surface area contributed by atoms with Crippen molar-refractivity contribution < 1.29 is 0 Å². The quantitative estimate of drug-likeness (QED) is 0.783. The van der Waals surface area contributed by atoms with Gasteiger partial charge >= 0.3 is 0 Å². The van der Waals surface area contributed by atoms with Crippen LogP contribution in [-0.2, 0) is 6.54 Å². The molecular weight excluding hydrogens is 270 g/mol. The van der Waals surface area contributed by atoms with E-state index in [1.165, 1.54) is 54.4 Å². The molecule has 22 heavy (non-hydrogen) atoms. The Kier molecular flexibility index (Phi) is 3.65. The number of nitrogens with one attached hydrogen (secondary N) is 1. The average Bonchev–Trinajstić information content (AvgIpc) is 3.04. The maximum Gasteiger partial charge on any atom is 0.137 e. The Morgan fingerprint density at radius 1 is 1.05 bits per heavy atom. The first-order chi connectivity index (χ1) is 10.9. The van der Waals surface area contributed by atoms with Crippen LogP contribution in [0.4, 0.5) is 0 Å². The number of hydrogen-bond donors (Lipinski definition) is 1. The van der Waals surface area contributed by atoms with Gasteiger partial charge < -0.3 is 4.98 Å². The van der Waals surface area contributed by atoms with Gasteiger partial charge in [-0.1, -0.05) is 24.6 Å². The number of aromatic nitrogens is 2. The first-order valence-corrected chi connectivity index (χ1v) is 8.14. The molecule has 4 rings (SSSR count). The van der Waals surface area contributed by atoms with E-state index in [0.717, 1.165) is 12.2 Å². The summed E-state index contributed by atoms with van der Waals surface area (Å²) >= 11 is 0. The van der Waals surface area contributed by atoms with Crippen molar-refractivity contribution in [3.8, 4) is 11.1 Å². The van der Waals surface area contributed by atoms with Crippen molar-refractivity contribution in [2.45, 2.75) is 25.8 Å². The molecule has 1 N–H and O–H groups in total. The van der Waals surface area contributed by atoms with Crippen LogP contribution in [0.3, 0.4) is 0 Å². The van der Waals surface area contributed by atoms with Crippen LogP contribution in [0.2, 0.25) is 0 Å². The Labute approximate surface area is 131 Å². The number of H-pyrrole nitrogens is 1. The molecule has 1 saturated heterocycles. The lowest BCUT2D eigenvalue weighted by Gasteiger charge is -2.26. The highest BCUT2D eigenvalue weighted by Crippen LogP contribution is 2.28. The van der Waals surface area contributed by atoms with Crippen LogP contribution in [0.1, 0.15) is 24.8 Å². The molecule has 0 atom stereocenters. The summed E-state index contributed by atoms with van der Waals surface area (Å²) in [4.78, 5) is 10.1. The van der Waals surface area contributed by atoms with E-state index in [1.807, 2.05) is 12.4 Å². The molecule has 0 radical (unpaired) electrons. The van der Waals surface area contributed by atoms with Gasteiger partial charge in [-0.05, 0) is 60.8 Å². The molecule has 0 bridgehead atoms. The molecular formula is C19H21N3. The number of fused-ring (bicyclic) bond motifs is 1. The Balaban J connectivity index is 1.65. The van der Waals surface area contributed by atoms with Gasteiger partial charge in [-0.25, -0.2) is 4.98 Å². The minimum absolute atomic E-state index is 0.957. The molecule has 1 aromatic carbocycles. The van der Waals surface area contributed by atoms with Crippen molar-refractivity contribution in [3.05, 3.63) is 54.4 Å². The second kappa shape index (κ2) is 5.93. The molecule has 3 heteroatoms. The van der Waals surface area contributed by atoms with Gasteiger partial charge in [-0.2, -0.15) is 0 Å². The van der Waals surface area contributed by atoms with E-state index >= 15 is 0 Å². The van der Waals surface area contributed by atoms with Crippen molar-refractivity contribution in [1.82, 2.24) is 14.9 Å². The van der Waals surface area contributed by atoms with E-state index < -0.39 is 0 Å². The Morgan fingerprint density at radius 3 is 2.86 bits per heavy atom. The predicted molar refractivity (Wildman–Crippen MR) is 90.7 cm³/mol. The lowest BCUT2D eigenvalue weighted by Crippen LogP contribution is -2.29. The highest BCUT2D eigenvalue weighted by molar-refractivity contribution is 5.92. The predicted octanol–water partition coefficient (Wildman–Crippen LogP) is 4.22. The summed E-state index contributed by atoms with van der Waals surface area (Å²) in [5.41, 5.74) is 4.90. The number of pyridine rings is 1. The fourth-order valence-electron chi connectivity index (χ4n) is 3.43. The van der Waals surface area contributed by atoms with E-state index in [0.29, 0.717) is 0 Å². The average molecular weight is 291 g/mol. The van der Waals surface area contributed by atoms with Gasteiger partial charge in [0.1, 0.15) is 5.65 Å². The molecule has 3 heterocycles. The summed E-state index contributed by atoms with van der Waals surface area (Å²) in [6, 6.07) is 13.2. The largest absolute Gasteiger partial charge is 0.346 e. The summed E-state index contributed by atoms with van der Waals surface area (Å²) in [7, 11) is 0. The molecule has 1 aliphatic rings. The number of hydrogen-bond acceptors (Lipinski definition) is 2. The third-order valence-electron chi connectivity index (χ3n) is 4.55. The van der Waals surface area contributed by atoms with Gasteiger partial charge in [0.05, 0.1) is 0 Å². The van der Waals surface area contributed by atoms with Crippen LogP contribution in [0.5, 0.6) is 0 Å². The maximum absolute atomic E-state index is 4.38. The molecule has 0 saturated carbocycles. The zero-order valence-electron chi connectivity index (χ0n) is 12.8. The normalized spacial score (nSPS) is 16.2. The second-order valence-corrected chi connectivity index (χ2v) is 6.14. The molecule has 1 fully saturated rings. The third-order valence-corrected chi connectivity index (χ3v) is 4.55. The van der Waals surface area contributed by atoms with E-state index in [-0.39, 0.29) is 0 Å². The van der Waals surface area contributed by atoms with Gasteiger partial charge in [-0.15, -0.1) is 0 Å². The second-order valence-electron chi connectivity index (χ2n) is 6.14. The van der Waals surface area contributed by atoms with Gasteiger partial charge in [0.15, 0.2) is 0 Å². The zero-order valence-corrected chi connectivity index (χ0v) is 12.8. The number of benzene rings is 1. The molecule has 0 aliphatic carbocycles. The van der Waals surface area contributed by atoms with Gasteiger partial charge in [0.2, 0.25) is 0 Å². The van der Waals surface area contributed by atoms with Crippen LogP contribution >= 0.6 is 0 Å². The molecule has 2 aromatic heterocycles. The SMILES string of the molecule is c1cc(CN2CCCCC2)cc(-c2ccnc3[nH]ccc23)c1. The van der Waals surface area contributed by atoms with Crippen molar-refractivity contribution in [3.63, 3.8) is 0 Å². The van der Waals surface area contributed by atoms with E-state index in [4.69, 9.17) is 0 Å². The number of nitrogens with zero attached hydrogens (tertiary/aromatic N) is 2. The van der Waals surface area contributed by atoms with Crippen LogP contribution in [0, 0.1) is 0 Å². The van der Waals surface area contributed by atoms with Crippen LogP contribution in [0.25, 0.3) is 22.2 Å². The van der Waals surface area contributed by atoms with Crippen molar-refractivity contribution in [2.24, 2.45) is 0 Å². The number of rotatable bonds is 3. The highest BCUT2D eigenvalue weighted by atomic mass is 15.1. The fourth-order valence-corrected chi connectivity index (χ4v) is 3.43. The maximum atomic E-state index is 4.38. The Morgan fingerprint density at radius 2 is 1.95 bits per heavy atom. The summed E-state index contributed by atoms with van der Waals surface area (Å²) in [5.74, 6) is 0. The number of likely N-dealkylation sites (tertiary alicyclic amines) is 1. The lowest BCUT2D eigenvalue weighted by molar-refractivity contribution is 0.221. The van der Waals surface area contributed by atoms with Gasteiger partial charge in [0, 0.05) is 24.3 Å². The minimum Gasteiger partial charge on any atom is -0.346 e. The van der Waals surface area contributed by atoms with Crippen molar-refractivity contribution in [1.29, 1.82) is 0 Å². The summed E-state index contributed by atoms with van der Waals surface area (Å²) in [5, 5.41) is 1.19. The first kappa shape index (κ1) is 13.5. The smallest absolute Gasteiger partial charge is 0.137 e. The van der Waals surface area contributed by atoms with Gasteiger partial charge in [0.25, 0.3) is 0 Å². The van der Waals surface area contributed by atoms with Crippen LogP contribution in [-0.4, -0.2) is 28.0 Å². The first-order valence-electron chi connectivity index (χ1n) is 8.14. The standard InChI is InChI=1S/C19H21N3/c1-2-11-22(12-3-1)14-15-5-4-6-16(13-15)17-7-9-20-19-18(17)8-10-21-19/h4-10,13H,1-3,11-12,14H2,(H,20,21). The fraction of sp³-hybridized carbons (Fsp3) is 0.316. The summed E-state index contributed by atoms with van der Waals surface area (Å²) in [6.45, 7) is 3.54. The number of aromatic amines is 1. The van der Waals surface area contributed by atoms with E-state index in [9.17, 15) is 0 Å². The van der Waals surface area contributed by atoms with Gasteiger partial charge in [-0.3, -0.25) is 4.90 Å². The molecule has 0 amide bonds. The van der Waals surface area contributed by atoms with Crippen LogP contribution in [0.15, 0.2) is 48.8 Å². The highest BCUT2D eigenvalue weighted by Gasteiger charge is 2.11. The van der Waals surface area contributed by atoms with Crippen molar-refractivity contribution >= 4 is 11.0 Å². The molecule has 0 unspecified atom stereocenters. The Hall–Kier alpha value is -2.13. The summed E-state index contributed by atoms with van der Waals surface area (Å²) < 4.78 is 0. The third kappa shape index (κ3) is 2.64.